The maximum atomic E-state index is 12.4. The van der Waals surface area contributed by atoms with E-state index in [-0.39, 0.29) is 11.9 Å². The van der Waals surface area contributed by atoms with E-state index < -0.39 is 0 Å². The highest BCUT2D eigenvalue weighted by molar-refractivity contribution is 5.94. The minimum absolute atomic E-state index is 0.0584. The topological polar surface area (TPSA) is 38.1 Å². The fraction of sp³-hybridized carbons (Fsp3) is 0.286. The number of carbonyl (C=O) groups excluding carboxylic acids is 1. The lowest BCUT2D eigenvalue weighted by Gasteiger charge is -2.34. The van der Waals surface area contributed by atoms with Gasteiger partial charge in [-0.15, -0.1) is 0 Å². The van der Waals surface area contributed by atoms with Crippen LogP contribution in [-0.2, 0) is 6.54 Å². The molecule has 1 aliphatic rings. The summed E-state index contributed by atoms with van der Waals surface area (Å²) in [6.45, 7) is 3.68. The maximum absolute atomic E-state index is 12.4. The van der Waals surface area contributed by atoms with Crippen LogP contribution >= 0.6 is 0 Å². The lowest BCUT2D eigenvalue weighted by atomic mass is 10.1. The Bertz CT molecular complexity index is 561. The van der Waals surface area contributed by atoms with Gasteiger partial charge in [-0.25, -0.2) is 0 Å². The van der Waals surface area contributed by atoms with Gasteiger partial charge in [0.15, 0.2) is 0 Å². The summed E-state index contributed by atoms with van der Waals surface area (Å²) in [5.74, 6) is 0.0584. The standard InChI is InChI=1S/C14H15N3O/c1-11-13-5-3-7-16(13)8-9-17(11)14(18)12-4-2-6-15-10-12/h2-7,10-11H,8-9H2,1H3. The van der Waals surface area contributed by atoms with Gasteiger partial charge >= 0.3 is 0 Å². The van der Waals surface area contributed by atoms with Crippen LogP contribution in [0.2, 0.25) is 0 Å². The molecule has 4 heteroatoms. The molecule has 1 amide bonds. The smallest absolute Gasteiger partial charge is 0.256 e. The van der Waals surface area contributed by atoms with E-state index in [9.17, 15) is 4.79 Å². The van der Waals surface area contributed by atoms with E-state index in [0.29, 0.717) is 5.56 Å². The highest BCUT2D eigenvalue weighted by atomic mass is 16.2. The zero-order valence-corrected chi connectivity index (χ0v) is 10.3. The summed E-state index contributed by atoms with van der Waals surface area (Å²) in [5.41, 5.74) is 1.85. The number of hydrogen-bond acceptors (Lipinski definition) is 2. The third-order valence-corrected chi connectivity index (χ3v) is 3.51. The molecule has 0 saturated heterocycles. The SMILES string of the molecule is CC1c2cccn2CCN1C(=O)c1cccnc1. The van der Waals surface area contributed by atoms with Gasteiger partial charge in [-0.3, -0.25) is 9.78 Å². The van der Waals surface area contributed by atoms with E-state index in [2.05, 4.69) is 28.7 Å². The van der Waals surface area contributed by atoms with Crippen molar-refractivity contribution in [3.63, 3.8) is 0 Å². The second-order valence-corrected chi connectivity index (χ2v) is 4.54. The first-order valence-corrected chi connectivity index (χ1v) is 6.13. The minimum atomic E-state index is 0.0584. The molecule has 0 aromatic carbocycles. The van der Waals surface area contributed by atoms with Crippen molar-refractivity contribution in [3.05, 3.63) is 54.1 Å². The summed E-state index contributed by atoms with van der Waals surface area (Å²) in [6.07, 6.45) is 5.38. The van der Waals surface area contributed by atoms with Crippen LogP contribution in [0.4, 0.5) is 0 Å². The first-order chi connectivity index (χ1) is 8.77. The number of pyridine rings is 1. The molecule has 0 radical (unpaired) electrons. The third kappa shape index (κ3) is 1.70. The number of nitrogens with zero attached hydrogens (tertiary/aromatic N) is 3. The van der Waals surface area contributed by atoms with Gasteiger partial charge in [-0.1, -0.05) is 0 Å². The molecule has 1 atom stereocenters. The molecule has 4 nitrogen and oxygen atoms in total. The van der Waals surface area contributed by atoms with Gasteiger partial charge in [0.05, 0.1) is 11.6 Å². The predicted molar refractivity (Wildman–Crippen MR) is 68.1 cm³/mol. The Labute approximate surface area is 106 Å². The van der Waals surface area contributed by atoms with Gasteiger partial charge in [0.25, 0.3) is 5.91 Å². The van der Waals surface area contributed by atoms with Gasteiger partial charge in [0, 0.05) is 37.4 Å². The molecule has 1 aliphatic heterocycles. The monoisotopic (exact) mass is 241 g/mol. The van der Waals surface area contributed by atoms with Crippen LogP contribution in [0, 0.1) is 0 Å². The van der Waals surface area contributed by atoms with Crippen LogP contribution < -0.4 is 0 Å². The fourth-order valence-corrected chi connectivity index (χ4v) is 2.51. The first-order valence-electron chi connectivity index (χ1n) is 6.13. The van der Waals surface area contributed by atoms with Crippen LogP contribution in [0.3, 0.4) is 0 Å². The summed E-state index contributed by atoms with van der Waals surface area (Å²) in [4.78, 5) is 18.3. The molecule has 0 aliphatic carbocycles. The van der Waals surface area contributed by atoms with Crippen LogP contribution in [0.15, 0.2) is 42.9 Å². The molecule has 0 fully saturated rings. The summed E-state index contributed by atoms with van der Waals surface area (Å²) in [6, 6.07) is 7.83. The lowest BCUT2D eigenvalue weighted by Crippen LogP contribution is -2.40. The quantitative estimate of drug-likeness (QED) is 0.767. The Morgan fingerprint density at radius 1 is 1.33 bits per heavy atom. The average molecular weight is 241 g/mol. The second kappa shape index (κ2) is 4.29. The number of hydrogen-bond donors (Lipinski definition) is 0. The van der Waals surface area contributed by atoms with Crippen LogP contribution in [0.25, 0.3) is 0 Å². The highest BCUT2D eigenvalue weighted by Crippen LogP contribution is 2.26. The van der Waals surface area contributed by atoms with E-state index in [1.54, 1.807) is 18.5 Å². The summed E-state index contributed by atoms with van der Waals surface area (Å²) in [7, 11) is 0. The van der Waals surface area contributed by atoms with Crippen molar-refractivity contribution in [3.8, 4) is 0 Å². The van der Waals surface area contributed by atoms with Gasteiger partial charge < -0.3 is 9.47 Å². The average Bonchev–Trinajstić information content (AvgIpc) is 2.89. The molecule has 1 unspecified atom stereocenters. The van der Waals surface area contributed by atoms with Crippen LogP contribution in [0.1, 0.15) is 29.0 Å². The molecule has 2 aromatic heterocycles. The zero-order valence-electron chi connectivity index (χ0n) is 10.3. The molecular weight excluding hydrogens is 226 g/mol. The number of rotatable bonds is 1. The molecular formula is C14H15N3O. The Balaban J connectivity index is 1.89. The highest BCUT2D eigenvalue weighted by Gasteiger charge is 2.27. The van der Waals surface area contributed by atoms with E-state index in [1.807, 2.05) is 17.0 Å². The summed E-state index contributed by atoms with van der Waals surface area (Å²) in [5, 5.41) is 0. The van der Waals surface area contributed by atoms with Crippen molar-refractivity contribution in [2.24, 2.45) is 0 Å². The van der Waals surface area contributed by atoms with Crippen molar-refractivity contribution in [2.75, 3.05) is 6.54 Å². The van der Waals surface area contributed by atoms with Crippen molar-refractivity contribution in [1.82, 2.24) is 14.5 Å². The number of aromatic nitrogens is 2. The fourth-order valence-electron chi connectivity index (χ4n) is 2.51. The van der Waals surface area contributed by atoms with Crippen LogP contribution in [-0.4, -0.2) is 26.9 Å². The minimum Gasteiger partial charge on any atom is -0.348 e. The van der Waals surface area contributed by atoms with Gasteiger partial charge in [0.1, 0.15) is 0 Å². The van der Waals surface area contributed by atoms with Gasteiger partial charge in [-0.2, -0.15) is 0 Å². The largest absolute Gasteiger partial charge is 0.348 e. The Morgan fingerprint density at radius 2 is 2.22 bits per heavy atom. The molecule has 3 heterocycles. The number of amides is 1. The molecule has 2 aromatic rings. The van der Waals surface area contributed by atoms with Crippen molar-refractivity contribution < 1.29 is 4.79 Å². The number of carbonyl (C=O) groups is 1. The first kappa shape index (κ1) is 11.0. The predicted octanol–water partition coefficient (Wildman–Crippen LogP) is 2.10. The molecule has 0 saturated carbocycles. The lowest BCUT2D eigenvalue weighted by molar-refractivity contribution is 0.0643. The van der Waals surface area contributed by atoms with E-state index in [0.717, 1.165) is 13.1 Å². The molecule has 3 rings (SSSR count). The molecule has 92 valence electrons. The molecule has 0 N–H and O–H groups in total. The van der Waals surface area contributed by atoms with E-state index in [4.69, 9.17) is 0 Å². The normalized spacial score (nSPS) is 18.5. The summed E-state index contributed by atoms with van der Waals surface area (Å²) < 4.78 is 2.21. The Kier molecular flexibility index (Phi) is 2.63. The van der Waals surface area contributed by atoms with Crippen molar-refractivity contribution in [1.29, 1.82) is 0 Å². The number of fused-ring (bicyclic) bond motifs is 1. The van der Waals surface area contributed by atoms with Gasteiger partial charge in [-0.05, 0) is 31.2 Å². The Morgan fingerprint density at radius 3 is 3.00 bits per heavy atom. The van der Waals surface area contributed by atoms with E-state index >= 15 is 0 Å². The zero-order chi connectivity index (χ0) is 12.5. The molecule has 18 heavy (non-hydrogen) atoms. The van der Waals surface area contributed by atoms with Crippen molar-refractivity contribution in [2.45, 2.75) is 19.5 Å². The maximum Gasteiger partial charge on any atom is 0.256 e. The third-order valence-electron chi connectivity index (χ3n) is 3.51. The molecule has 0 bridgehead atoms. The van der Waals surface area contributed by atoms with Crippen molar-refractivity contribution >= 4 is 5.91 Å². The second-order valence-electron chi connectivity index (χ2n) is 4.54. The summed E-state index contributed by atoms with van der Waals surface area (Å²) >= 11 is 0. The van der Waals surface area contributed by atoms with Gasteiger partial charge in [0.2, 0.25) is 0 Å². The van der Waals surface area contributed by atoms with E-state index in [1.165, 1.54) is 5.69 Å². The Hall–Kier alpha value is -2.10. The van der Waals surface area contributed by atoms with Crippen LogP contribution in [0.5, 0.6) is 0 Å². The molecule has 0 spiro atoms.